The maximum Gasteiger partial charge on any atom is 0.248 e. The van der Waals surface area contributed by atoms with Crippen molar-refractivity contribution >= 4 is 44.9 Å². The Morgan fingerprint density at radius 1 is 1.07 bits per heavy atom. The lowest BCUT2D eigenvalue weighted by atomic mass is 10.1. The van der Waals surface area contributed by atoms with Gasteiger partial charge in [0, 0.05) is 42.3 Å². The number of benzene rings is 3. The summed E-state index contributed by atoms with van der Waals surface area (Å²) < 4.78 is 13.1. The number of amides is 1. The van der Waals surface area contributed by atoms with Crippen LogP contribution in [0.1, 0.15) is 11.1 Å². The number of carbonyl (C=O) groups is 1. The number of likely N-dealkylation sites (N-methyl/N-ethyl adjacent to an activating group) is 1. The summed E-state index contributed by atoms with van der Waals surface area (Å²) in [6.45, 7) is 4.18. The first-order valence-electron chi connectivity index (χ1n) is 13.7. The van der Waals surface area contributed by atoms with E-state index in [4.69, 9.17) is 9.47 Å². The third-order valence-corrected chi connectivity index (χ3v) is 6.60. The predicted molar refractivity (Wildman–Crippen MR) is 167 cm³/mol. The Morgan fingerprint density at radius 3 is 2.76 bits per heavy atom. The summed E-state index contributed by atoms with van der Waals surface area (Å²) in [5, 5.41) is 12.7. The number of nitrogens with one attached hydrogen (secondary N) is 2. The number of anilines is 3. The second-order valence-corrected chi connectivity index (χ2v) is 10.3. The second kappa shape index (κ2) is 13.2. The Morgan fingerprint density at radius 2 is 1.95 bits per heavy atom. The molecule has 2 heterocycles. The Balaban J connectivity index is 1.42. The molecule has 3 aromatic carbocycles. The molecule has 0 unspecified atom stereocenters. The number of rotatable bonds is 12. The van der Waals surface area contributed by atoms with Gasteiger partial charge in [-0.2, -0.15) is 5.10 Å². The molecule has 0 saturated carbocycles. The second-order valence-electron chi connectivity index (χ2n) is 10.3. The predicted octanol–water partition coefficient (Wildman–Crippen LogP) is 5.16. The summed E-state index contributed by atoms with van der Waals surface area (Å²) in [4.78, 5) is 23.6. The average Bonchev–Trinajstić information content (AvgIpc) is 3.35. The van der Waals surface area contributed by atoms with E-state index in [9.17, 15) is 4.79 Å². The first kappa shape index (κ1) is 28.7. The standard InChI is InChI=1S/C32H35N7O3/c1-22-7-5-8-23(15-22)20-39-29-11-10-25(16-24(29)19-35-39)36-32-26-17-28(37-31(40)9-6-12-38(2)3)30(42-14-13-41-4)18-27(26)33-21-34-32/h5-11,15-19,21H,12-14,20H2,1-4H3,(H,37,40)(H,33,34,36)/b9-6+. The minimum absolute atomic E-state index is 0.257. The van der Waals surface area contributed by atoms with Gasteiger partial charge in [-0.25, -0.2) is 9.97 Å². The van der Waals surface area contributed by atoms with Crippen LogP contribution in [0.25, 0.3) is 21.8 Å². The number of aryl methyl sites for hydroxylation is 1. The molecular weight excluding hydrogens is 530 g/mol. The number of fused-ring (bicyclic) bond motifs is 2. The molecular formula is C32H35N7O3. The van der Waals surface area contributed by atoms with E-state index in [1.807, 2.05) is 48.1 Å². The average molecular weight is 566 g/mol. The van der Waals surface area contributed by atoms with Gasteiger partial charge in [0.2, 0.25) is 5.91 Å². The van der Waals surface area contributed by atoms with Crippen LogP contribution in [0.5, 0.6) is 5.75 Å². The summed E-state index contributed by atoms with van der Waals surface area (Å²) in [7, 11) is 5.49. The smallest absolute Gasteiger partial charge is 0.248 e. The monoisotopic (exact) mass is 565 g/mol. The van der Waals surface area contributed by atoms with Crippen molar-refractivity contribution in [3.8, 4) is 5.75 Å². The molecule has 216 valence electrons. The zero-order valence-electron chi connectivity index (χ0n) is 24.3. The highest BCUT2D eigenvalue weighted by molar-refractivity contribution is 6.03. The fourth-order valence-electron chi connectivity index (χ4n) is 4.59. The van der Waals surface area contributed by atoms with Crippen molar-refractivity contribution in [3.05, 3.63) is 90.4 Å². The van der Waals surface area contributed by atoms with Crippen molar-refractivity contribution in [2.24, 2.45) is 0 Å². The van der Waals surface area contributed by atoms with Crippen molar-refractivity contribution in [1.82, 2.24) is 24.6 Å². The van der Waals surface area contributed by atoms with Crippen LogP contribution in [0, 0.1) is 6.92 Å². The summed E-state index contributed by atoms with van der Waals surface area (Å²) in [6, 6.07) is 18.2. The van der Waals surface area contributed by atoms with Crippen LogP contribution in [0.3, 0.4) is 0 Å². The maximum absolute atomic E-state index is 12.7. The largest absolute Gasteiger partial charge is 0.489 e. The fraction of sp³-hybridized carbons (Fsp3) is 0.250. The lowest BCUT2D eigenvalue weighted by Gasteiger charge is -2.15. The summed E-state index contributed by atoms with van der Waals surface area (Å²) in [6.07, 6.45) is 6.69. The number of ether oxygens (including phenoxy) is 2. The number of methoxy groups -OCH3 is 1. The van der Waals surface area contributed by atoms with Crippen molar-refractivity contribution in [2.45, 2.75) is 13.5 Å². The van der Waals surface area contributed by atoms with E-state index in [0.29, 0.717) is 49.1 Å². The fourth-order valence-corrected chi connectivity index (χ4v) is 4.59. The molecule has 0 aliphatic heterocycles. The van der Waals surface area contributed by atoms with Gasteiger partial charge in [-0.1, -0.05) is 35.9 Å². The molecule has 2 aromatic heterocycles. The molecule has 0 radical (unpaired) electrons. The van der Waals surface area contributed by atoms with Gasteiger partial charge in [-0.3, -0.25) is 9.48 Å². The number of aromatic nitrogens is 4. The van der Waals surface area contributed by atoms with Crippen molar-refractivity contribution < 1.29 is 14.3 Å². The molecule has 10 heteroatoms. The highest BCUT2D eigenvalue weighted by atomic mass is 16.5. The van der Waals surface area contributed by atoms with Crippen molar-refractivity contribution in [1.29, 1.82) is 0 Å². The van der Waals surface area contributed by atoms with E-state index in [2.05, 4.69) is 63.0 Å². The van der Waals surface area contributed by atoms with Crippen LogP contribution in [0.15, 0.2) is 79.3 Å². The van der Waals surface area contributed by atoms with Crippen LogP contribution in [0.4, 0.5) is 17.2 Å². The zero-order chi connectivity index (χ0) is 29.5. The quantitative estimate of drug-likeness (QED) is 0.158. The van der Waals surface area contributed by atoms with Crippen molar-refractivity contribution in [2.75, 3.05) is 51.6 Å². The van der Waals surface area contributed by atoms with E-state index in [0.717, 1.165) is 22.0 Å². The topological polar surface area (TPSA) is 106 Å². The first-order chi connectivity index (χ1) is 20.4. The lowest BCUT2D eigenvalue weighted by Crippen LogP contribution is -2.14. The Hall–Kier alpha value is -4.80. The molecule has 5 rings (SSSR count). The lowest BCUT2D eigenvalue weighted by molar-refractivity contribution is -0.111. The number of hydrogen-bond donors (Lipinski definition) is 2. The van der Waals surface area contributed by atoms with Crippen LogP contribution in [-0.2, 0) is 16.1 Å². The van der Waals surface area contributed by atoms with Gasteiger partial charge in [-0.05, 0) is 50.8 Å². The van der Waals surface area contributed by atoms with Gasteiger partial charge < -0.3 is 25.0 Å². The van der Waals surface area contributed by atoms with E-state index in [-0.39, 0.29) is 5.91 Å². The third kappa shape index (κ3) is 7.09. The molecule has 0 aliphatic carbocycles. The van der Waals surface area contributed by atoms with Crippen LogP contribution in [0.2, 0.25) is 0 Å². The Labute approximate surface area is 245 Å². The van der Waals surface area contributed by atoms with Crippen LogP contribution >= 0.6 is 0 Å². The maximum atomic E-state index is 12.7. The highest BCUT2D eigenvalue weighted by Gasteiger charge is 2.14. The molecule has 0 atom stereocenters. The molecule has 10 nitrogen and oxygen atoms in total. The van der Waals surface area contributed by atoms with E-state index < -0.39 is 0 Å². The van der Waals surface area contributed by atoms with E-state index in [1.54, 1.807) is 19.3 Å². The zero-order valence-corrected chi connectivity index (χ0v) is 24.3. The van der Waals surface area contributed by atoms with Gasteiger partial charge in [0.15, 0.2) is 0 Å². The molecule has 0 spiro atoms. The van der Waals surface area contributed by atoms with Crippen LogP contribution in [-0.4, -0.2) is 71.5 Å². The van der Waals surface area contributed by atoms with Gasteiger partial charge >= 0.3 is 0 Å². The van der Waals surface area contributed by atoms with E-state index in [1.165, 1.54) is 23.5 Å². The molecule has 0 bridgehead atoms. The van der Waals surface area contributed by atoms with Crippen molar-refractivity contribution in [3.63, 3.8) is 0 Å². The Kier molecular flexibility index (Phi) is 9.05. The SMILES string of the molecule is COCCOc1cc2ncnc(Nc3ccc4c(cnn4Cc4cccc(C)c4)c3)c2cc1NC(=O)/C=C/CN(C)C. The molecule has 0 saturated heterocycles. The normalized spacial score (nSPS) is 11.5. The molecule has 0 fully saturated rings. The molecule has 5 aromatic rings. The molecule has 1 amide bonds. The highest BCUT2D eigenvalue weighted by Crippen LogP contribution is 2.34. The van der Waals surface area contributed by atoms with Gasteiger partial charge in [-0.15, -0.1) is 0 Å². The first-order valence-corrected chi connectivity index (χ1v) is 13.7. The number of nitrogens with zero attached hydrogens (tertiary/aromatic N) is 5. The van der Waals surface area contributed by atoms with Gasteiger partial charge in [0.05, 0.1) is 36.1 Å². The summed E-state index contributed by atoms with van der Waals surface area (Å²) >= 11 is 0. The van der Waals surface area contributed by atoms with Crippen LogP contribution < -0.4 is 15.4 Å². The number of hydrogen-bond acceptors (Lipinski definition) is 8. The molecule has 42 heavy (non-hydrogen) atoms. The minimum atomic E-state index is -0.257. The third-order valence-electron chi connectivity index (χ3n) is 6.60. The van der Waals surface area contributed by atoms with Gasteiger partial charge in [0.25, 0.3) is 0 Å². The Bertz CT molecular complexity index is 1730. The van der Waals surface area contributed by atoms with E-state index >= 15 is 0 Å². The summed E-state index contributed by atoms with van der Waals surface area (Å²) in [5.74, 6) is 0.849. The molecule has 0 aliphatic rings. The van der Waals surface area contributed by atoms with Gasteiger partial charge in [0.1, 0.15) is 24.5 Å². The minimum Gasteiger partial charge on any atom is -0.489 e. The number of carbonyl (C=O) groups excluding carboxylic acids is 1. The molecule has 2 N–H and O–H groups in total. The summed E-state index contributed by atoms with van der Waals surface area (Å²) in [5.41, 5.74) is 5.52.